The van der Waals surface area contributed by atoms with Crippen molar-refractivity contribution < 1.29 is 9.53 Å². The van der Waals surface area contributed by atoms with Gasteiger partial charge in [-0.05, 0) is 66.3 Å². The number of ether oxygens (including phenoxy) is 1. The first-order valence-electron chi connectivity index (χ1n) is 14.0. The van der Waals surface area contributed by atoms with Gasteiger partial charge in [-0.25, -0.2) is 0 Å². The van der Waals surface area contributed by atoms with Gasteiger partial charge in [0.05, 0.1) is 0 Å². The molecule has 2 heteroatoms. The molecule has 0 aliphatic heterocycles. The monoisotopic (exact) mass is 462 g/mol. The number of carbonyl (C=O) groups is 1. The van der Waals surface area contributed by atoms with Gasteiger partial charge in [0.15, 0.2) is 0 Å². The topological polar surface area (TPSA) is 26.3 Å². The molecular weight excluding hydrogens is 416 g/mol. The van der Waals surface area contributed by atoms with E-state index in [2.05, 4.69) is 31.2 Å². The normalized spacial score (nSPS) is 18.1. The molecule has 0 atom stereocenters. The summed E-state index contributed by atoms with van der Waals surface area (Å²) < 4.78 is 5.13. The maximum Gasteiger partial charge on any atom is 0.308 e. The average molecular weight is 463 g/mol. The van der Waals surface area contributed by atoms with E-state index in [9.17, 15) is 4.79 Å². The zero-order valence-corrected chi connectivity index (χ0v) is 21.7. The van der Waals surface area contributed by atoms with Crippen LogP contribution in [0.15, 0.2) is 48.5 Å². The molecule has 2 aromatic rings. The first-order valence-corrected chi connectivity index (χ1v) is 14.0. The van der Waals surface area contributed by atoms with E-state index >= 15 is 0 Å². The van der Waals surface area contributed by atoms with Gasteiger partial charge in [0.2, 0.25) is 0 Å². The minimum Gasteiger partial charge on any atom is -0.427 e. The Balaban J connectivity index is 1.31. The zero-order chi connectivity index (χ0) is 24.0. The van der Waals surface area contributed by atoms with Gasteiger partial charge in [-0.2, -0.15) is 0 Å². The maximum atomic E-state index is 11.1. The summed E-state index contributed by atoms with van der Waals surface area (Å²) in [5.74, 6) is 2.00. The molecule has 0 radical (unpaired) electrons. The first kappa shape index (κ1) is 26.5. The molecule has 3 rings (SSSR count). The summed E-state index contributed by atoms with van der Waals surface area (Å²) in [6.07, 6.45) is 21.3. The first-order chi connectivity index (χ1) is 16.7. The van der Waals surface area contributed by atoms with Crippen molar-refractivity contribution in [2.24, 2.45) is 5.92 Å². The lowest BCUT2D eigenvalue weighted by Gasteiger charge is -2.29. The van der Waals surface area contributed by atoms with Crippen LogP contribution < -0.4 is 4.74 Å². The van der Waals surface area contributed by atoms with Gasteiger partial charge in [-0.3, -0.25) is 4.79 Å². The maximum absolute atomic E-state index is 11.1. The number of unbranched alkanes of at least 4 members (excludes halogenated alkanes) is 9. The SMILES string of the molecule is CCCCCCCCCCCCC1CCC(c2ccc(-c3ccc(OC(C)=O)cc3)cc2)CC1. The van der Waals surface area contributed by atoms with Crippen molar-refractivity contribution in [1.82, 2.24) is 0 Å². The summed E-state index contributed by atoms with van der Waals surface area (Å²) in [6, 6.07) is 16.9. The number of esters is 1. The van der Waals surface area contributed by atoms with Crippen LogP contribution in [0.1, 0.15) is 122 Å². The Hall–Kier alpha value is -2.09. The molecule has 0 amide bonds. The van der Waals surface area contributed by atoms with Gasteiger partial charge < -0.3 is 4.74 Å². The van der Waals surface area contributed by atoms with Gasteiger partial charge in [0, 0.05) is 6.92 Å². The molecule has 0 unspecified atom stereocenters. The molecule has 2 aromatic carbocycles. The third-order valence-electron chi connectivity index (χ3n) is 7.64. The minimum atomic E-state index is -0.282. The Kier molecular flexibility index (Phi) is 11.7. The van der Waals surface area contributed by atoms with E-state index in [1.54, 1.807) is 0 Å². The quantitative estimate of drug-likeness (QED) is 0.159. The van der Waals surface area contributed by atoms with Crippen molar-refractivity contribution >= 4 is 5.97 Å². The lowest BCUT2D eigenvalue weighted by Crippen LogP contribution is -2.13. The Bertz CT molecular complexity index is 813. The number of hydrogen-bond donors (Lipinski definition) is 0. The second kappa shape index (κ2) is 15.0. The van der Waals surface area contributed by atoms with Crippen LogP contribution in [0.25, 0.3) is 11.1 Å². The van der Waals surface area contributed by atoms with E-state index in [1.807, 2.05) is 24.3 Å². The van der Waals surface area contributed by atoms with Gasteiger partial charge >= 0.3 is 5.97 Å². The molecule has 0 heterocycles. The number of hydrogen-bond acceptors (Lipinski definition) is 2. The van der Waals surface area contributed by atoms with Gasteiger partial charge in [0.1, 0.15) is 5.75 Å². The summed E-state index contributed by atoms with van der Waals surface area (Å²) in [5, 5.41) is 0. The highest BCUT2D eigenvalue weighted by molar-refractivity contribution is 5.70. The lowest BCUT2D eigenvalue weighted by atomic mass is 9.77. The van der Waals surface area contributed by atoms with Crippen LogP contribution in [0.5, 0.6) is 5.75 Å². The molecular formula is C32H46O2. The summed E-state index contributed by atoms with van der Waals surface area (Å²) in [6.45, 7) is 3.72. The minimum absolute atomic E-state index is 0.282. The summed E-state index contributed by atoms with van der Waals surface area (Å²) in [5.41, 5.74) is 3.87. The van der Waals surface area contributed by atoms with Crippen LogP contribution >= 0.6 is 0 Å². The largest absolute Gasteiger partial charge is 0.427 e. The Morgan fingerprint density at radius 2 is 1.21 bits per heavy atom. The molecule has 0 N–H and O–H groups in total. The molecule has 1 fully saturated rings. The lowest BCUT2D eigenvalue weighted by molar-refractivity contribution is -0.131. The fourth-order valence-corrected chi connectivity index (χ4v) is 5.53. The molecule has 2 nitrogen and oxygen atoms in total. The van der Waals surface area contributed by atoms with Crippen LogP contribution in [0.2, 0.25) is 0 Å². The fraction of sp³-hybridized carbons (Fsp3) is 0.594. The fourth-order valence-electron chi connectivity index (χ4n) is 5.53. The summed E-state index contributed by atoms with van der Waals surface area (Å²) in [7, 11) is 0. The molecule has 0 spiro atoms. The van der Waals surface area contributed by atoms with Crippen molar-refractivity contribution in [1.29, 1.82) is 0 Å². The molecule has 186 valence electrons. The predicted octanol–water partition coefficient (Wildman–Crippen LogP) is 9.86. The Labute approximate surface area is 208 Å². The predicted molar refractivity (Wildman–Crippen MR) is 144 cm³/mol. The van der Waals surface area contributed by atoms with Crippen molar-refractivity contribution in [2.45, 2.75) is 116 Å². The third-order valence-corrected chi connectivity index (χ3v) is 7.64. The highest BCUT2D eigenvalue weighted by Crippen LogP contribution is 2.38. The second-order valence-corrected chi connectivity index (χ2v) is 10.4. The molecule has 1 saturated carbocycles. The summed E-state index contributed by atoms with van der Waals surface area (Å²) >= 11 is 0. The molecule has 1 aliphatic rings. The van der Waals surface area contributed by atoms with E-state index < -0.39 is 0 Å². The van der Waals surface area contributed by atoms with Crippen LogP contribution in [-0.2, 0) is 4.79 Å². The molecule has 0 bridgehead atoms. The van der Waals surface area contributed by atoms with Gasteiger partial charge in [-0.15, -0.1) is 0 Å². The highest BCUT2D eigenvalue weighted by atomic mass is 16.5. The molecule has 0 saturated heterocycles. The van der Waals surface area contributed by atoms with Gasteiger partial charge in [-0.1, -0.05) is 114 Å². The number of carbonyl (C=O) groups excluding carboxylic acids is 1. The van der Waals surface area contributed by atoms with E-state index in [0.717, 1.165) is 17.4 Å². The molecule has 1 aliphatic carbocycles. The molecule has 0 aromatic heterocycles. The van der Waals surface area contributed by atoms with Crippen LogP contribution in [0, 0.1) is 5.92 Å². The second-order valence-electron chi connectivity index (χ2n) is 10.4. The van der Waals surface area contributed by atoms with Crippen LogP contribution in [0.4, 0.5) is 0 Å². The van der Waals surface area contributed by atoms with Crippen LogP contribution in [0.3, 0.4) is 0 Å². The van der Waals surface area contributed by atoms with E-state index in [0.29, 0.717) is 5.75 Å². The third kappa shape index (κ3) is 9.28. The van der Waals surface area contributed by atoms with E-state index in [4.69, 9.17) is 4.74 Å². The summed E-state index contributed by atoms with van der Waals surface area (Å²) in [4.78, 5) is 11.1. The van der Waals surface area contributed by atoms with Crippen LogP contribution in [-0.4, -0.2) is 5.97 Å². The number of benzene rings is 2. The highest BCUT2D eigenvalue weighted by Gasteiger charge is 2.22. The zero-order valence-electron chi connectivity index (χ0n) is 21.7. The smallest absolute Gasteiger partial charge is 0.308 e. The van der Waals surface area contributed by atoms with Crippen molar-refractivity contribution in [3.63, 3.8) is 0 Å². The Morgan fingerprint density at radius 3 is 1.74 bits per heavy atom. The average Bonchev–Trinajstić information content (AvgIpc) is 2.86. The van der Waals surface area contributed by atoms with E-state index in [-0.39, 0.29) is 5.97 Å². The molecule has 34 heavy (non-hydrogen) atoms. The van der Waals surface area contributed by atoms with Crippen molar-refractivity contribution in [2.75, 3.05) is 0 Å². The van der Waals surface area contributed by atoms with E-state index in [1.165, 1.54) is 114 Å². The number of rotatable bonds is 14. The Morgan fingerprint density at radius 1 is 0.706 bits per heavy atom. The van der Waals surface area contributed by atoms with Gasteiger partial charge in [0.25, 0.3) is 0 Å². The van der Waals surface area contributed by atoms with Crippen molar-refractivity contribution in [3.05, 3.63) is 54.1 Å². The standard InChI is InChI=1S/C32H46O2/c1-3-4-5-6-7-8-9-10-11-12-13-27-14-16-28(17-15-27)29-18-20-30(21-19-29)31-22-24-32(25-23-31)34-26(2)33/h18-25,27-28H,3-17H2,1-2H3. The van der Waals surface area contributed by atoms with Crippen molar-refractivity contribution in [3.8, 4) is 16.9 Å².